The molecule has 2 nitrogen and oxygen atoms in total. The van der Waals surface area contributed by atoms with Gasteiger partial charge in [0.2, 0.25) is 0 Å². The summed E-state index contributed by atoms with van der Waals surface area (Å²) in [5.41, 5.74) is 3.26. The summed E-state index contributed by atoms with van der Waals surface area (Å²) < 4.78 is 0. The van der Waals surface area contributed by atoms with Gasteiger partial charge in [0.05, 0.1) is 0 Å². The molecule has 2 aliphatic heterocycles. The molecule has 1 spiro atoms. The maximum atomic E-state index is 3.93. The van der Waals surface area contributed by atoms with Gasteiger partial charge >= 0.3 is 0 Å². The van der Waals surface area contributed by atoms with Crippen LogP contribution in [0.15, 0.2) is 37.0 Å². The molecule has 0 aromatic heterocycles. The topological polar surface area (TPSA) is 15.3 Å². The van der Waals surface area contributed by atoms with E-state index in [4.69, 9.17) is 0 Å². The maximum absolute atomic E-state index is 3.93. The number of hydrogen-bond donors (Lipinski definition) is 1. The molecule has 16 heavy (non-hydrogen) atoms. The van der Waals surface area contributed by atoms with Gasteiger partial charge in [-0.1, -0.05) is 24.8 Å². The zero-order valence-electron chi connectivity index (χ0n) is 9.58. The zero-order chi connectivity index (χ0) is 11.0. The van der Waals surface area contributed by atoms with E-state index in [-0.39, 0.29) is 0 Å². The second-order valence-electron chi connectivity index (χ2n) is 4.86. The fourth-order valence-electron chi connectivity index (χ4n) is 3.16. The quantitative estimate of drug-likeness (QED) is 0.771. The third kappa shape index (κ3) is 1.30. The number of anilines is 1. The Labute approximate surface area is 97.0 Å². The largest absolute Gasteiger partial charge is 0.347 e. The summed E-state index contributed by atoms with van der Waals surface area (Å²) in [7, 11) is 0. The first-order chi connectivity index (χ1) is 7.86. The van der Waals surface area contributed by atoms with Crippen LogP contribution in [-0.4, -0.2) is 19.6 Å². The molecule has 2 heterocycles. The van der Waals surface area contributed by atoms with E-state index in [1.807, 2.05) is 6.20 Å². The molecule has 1 aromatic rings. The average molecular weight is 214 g/mol. The molecular weight excluding hydrogens is 196 g/mol. The van der Waals surface area contributed by atoms with Crippen LogP contribution >= 0.6 is 0 Å². The molecule has 0 bridgehead atoms. The molecule has 0 saturated carbocycles. The highest BCUT2D eigenvalue weighted by Crippen LogP contribution is 2.45. The minimum Gasteiger partial charge on any atom is -0.347 e. The van der Waals surface area contributed by atoms with Crippen molar-refractivity contribution < 1.29 is 0 Å². The van der Waals surface area contributed by atoms with Gasteiger partial charge in [-0.3, -0.25) is 0 Å². The first-order valence-corrected chi connectivity index (χ1v) is 6.05. The van der Waals surface area contributed by atoms with Crippen LogP contribution in [0.4, 0.5) is 5.69 Å². The van der Waals surface area contributed by atoms with E-state index in [1.54, 1.807) is 0 Å². The minimum atomic E-state index is 0.371. The summed E-state index contributed by atoms with van der Waals surface area (Å²) in [6.45, 7) is 7.31. The van der Waals surface area contributed by atoms with Crippen LogP contribution in [0.25, 0.3) is 0 Å². The average Bonchev–Trinajstić information content (AvgIpc) is 2.66. The number of hydrogen-bond acceptors (Lipinski definition) is 2. The molecule has 1 saturated heterocycles. The van der Waals surface area contributed by atoms with E-state index in [2.05, 4.69) is 41.1 Å². The fourth-order valence-corrected chi connectivity index (χ4v) is 3.16. The predicted molar refractivity (Wildman–Crippen MR) is 67.8 cm³/mol. The smallest absolute Gasteiger partial charge is 0.0445 e. The number of piperidine rings is 1. The third-order valence-electron chi connectivity index (χ3n) is 4.04. The Morgan fingerprint density at radius 1 is 1.25 bits per heavy atom. The standard InChI is InChI=1S/C14H18N2/c1-2-16-11-14(7-9-15-10-8-14)12-5-3-4-6-13(12)16/h2-6,15H,1,7-11H2. The molecule has 1 aromatic carbocycles. The molecule has 2 heteroatoms. The van der Waals surface area contributed by atoms with Crippen molar-refractivity contribution >= 4 is 5.69 Å². The van der Waals surface area contributed by atoms with Crippen molar-refractivity contribution in [2.24, 2.45) is 0 Å². The monoisotopic (exact) mass is 214 g/mol. The molecule has 0 aliphatic carbocycles. The zero-order valence-corrected chi connectivity index (χ0v) is 9.58. The van der Waals surface area contributed by atoms with E-state index in [1.165, 1.54) is 24.1 Å². The Morgan fingerprint density at radius 2 is 2.00 bits per heavy atom. The summed E-state index contributed by atoms with van der Waals surface area (Å²) >= 11 is 0. The Bertz CT molecular complexity index is 405. The summed E-state index contributed by atoms with van der Waals surface area (Å²) in [6, 6.07) is 8.79. The van der Waals surface area contributed by atoms with Crippen LogP contribution in [0.2, 0.25) is 0 Å². The van der Waals surface area contributed by atoms with Gasteiger partial charge in [0.1, 0.15) is 0 Å². The lowest BCUT2D eigenvalue weighted by Crippen LogP contribution is -2.42. The lowest BCUT2D eigenvalue weighted by molar-refractivity contribution is 0.329. The Balaban J connectivity index is 2.07. The molecule has 84 valence electrons. The molecule has 0 unspecified atom stereocenters. The summed E-state index contributed by atoms with van der Waals surface area (Å²) in [5, 5.41) is 3.46. The first kappa shape index (κ1) is 9.91. The van der Waals surface area contributed by atoms with Crippen LogP contribution in [0.5, 0.6) is 0 Å². The Hall–Kier alpha value is -1.28. The third-order valence-corrected chi connectivity index (χ3v) is 4.04. The van der Waals surface area contributed by atoms with Crippen LogP contribution in [0.1, 0.15) is 18.4 Å². The first-order valence-electron chi connectivity index (χ1n) is 6.05. The van der Waals surface area contributed by atoms with Crippen LogP contribution in [0, 0.1) is 0 Å². The number of nitrogens with zero attached hydrogens (tertiary/aromatic N) is 1. The van der Waals surface area contributed by atoms with Crippen molar-refractivity contribution in [2.45, 2.75) is 18.3 Å². The van der Waals surface area contributed by atoms with E-state index in [9.17, 15) is 0 Å². The van der Waals surface area contributed by atoms with Gasteiger partial charge in [-0.2, -0.15) is 0 Å². The van der Waals surface area contributed by atoms with Crippen molar-refractivity contribution in [2.75, 3.05) is 24.5 Å². The molecular formula is C14H18N2. The van der Waals surface area contributed by atoms with Gasteiger partial charge in [0, 0.05) is 17.6 Å². The number of para-hydroxylation sites is 1. The SMILES string of the molecule is C=CN1CC2(CCNCC2)c2ccccc21. The van der Waals surface area contributed by atoms with Crippen LogP contribution in [0.3, 0.4) is 0 Å². The van der Waals surface area contributed by atoms with E-state index in [0.29, 0.717) is 5.41 Å². The van der Waals surface area contributed by atoms with Crippen molar-refractivity contribution in [1.29, 1.82) is 0 Å². The van der Waals surface area contributed by atoms with Crippen LogP contribution in [-0.2, 0) is 5.41 Å². The molecule has 0 atom stereocenters. The van der Waals surface area contributed by atoms with E-state index in [0.717, 1.165) is 19.6 Å². The highest BCUT2D eigenvalue weighted by Gasteiger charge is 2.42. The lowest BCUT2D eigenvalue weighted by atomic mass is 9.75. The van der Waals surface area contributed by atoms with E-state index < -0.39 is 0 Å². The lowest BCUT2D eigenvalue weighted by Gasteiger charge is -2.34. The van der Waals surface area contributed by atoms with Crippen molar-refractivity contribution in [1.82, 2.24) is 5.32 Å². The van der Waals surface area contributed by atoms with Gasteiger partial charge in [-0.25, -0.2) is 0 Å². The highest BCUT2D eigenvalue weighted by molar-refractivity contribution is 5.64. The van der Waals surface area contributed by atoms with Gasteiger partial charge in [-0.15, -0.1) is 0 Å². The Morgan fingerprint density at radius 3 is 2.75 bits per heavy atom. The van der Waals surface area contributed by atoms with Gasteiger partial charge in [0.25, 0.3) is 0 Å². The number of benzene rings is 1. The molecule has 2 aliphatic rings. The minimum absolute atomic E-state index is 0.371. The molecule has 1 N–H and O–H groups in total. The van der Waals surface area contributed by atoms with Crippen molar-refractivity contribution in [3.8, 4) is 0 Å². The number of fused-ring (bicyclic) bond motifs is 2. The predicted octanol–water partition coefficient (Wildman–Crippen LogP) is 2.27. The van der Waals surface area contributed by atoms with E-state index >= 15 is 0 Å². The van der Waals surface area contributed by atoms with Gasteiger partial charge in [-0.05, 0) is 43.8 Å². The Kier molecular flexibility index (Phi) is 2.25. The molecule has 0 amide bonds. The summed E-state index contributed by atoms with van der Waals surface area (Å²) in [6.07, 6.45) is 4.46. The normalized spacial score (nSPS) is 22.1. The summed E-state index contributed by atoms with van der Waals surface area (Å²) in [5.74, 6) is 0. The molecule has 0 radical (unpaired) electrons. The van der Waals surface area contributed by atoms with Crippen LogP contribution < -0.4 is 10.2 Å². The second kappa shape index (κ2) is 3.63. The maximum Gasteiger partial charge on any atom is 0.0445 e. The number of rotatable bonds is 1. The fraction of sp³-hybridized carbons (Fsp3) is 0.429. The molecule has 1 fully saturated rings. The van der Waals surface area contributed by atoms with Crippen molar-refractivity contribution in [3.63, 3.8) is 0 Å². The summed E-state index contributed by atoms with van der Waals surface area (Å²) in [4.78, 5) is 2.31. The second-order valence-corrected chi connectivity index (χ2v) is 4.86. The van der Waals surface area contributed by atoms with Crippen molar-refractivity contribution in [3.05, 3.63) is 42.6 Å². The molecule has 3 rings (SSSR count). The van der Waals surface area contributed by atoms with Gasteiger partial charge in [0.15, 0.2) is 0 Å². The number of nitrogens with one attached hydrogen (secondary N) is 1. The highest BCUT2D eigenvalue weighted by atomic mass is 15.2. The van der Waals surface area contributed by atoms with Gasteiger partial charge < -0.3 is 10.2 Å².